The molecule has 0 aromatic heterocycles. The molecule has 1 aromatic carbocycles. The minimum Gasteiger partial charge on any atom is -0.333 e. The zero-order chi connectivity index (χ0) is 19.8. The van der Waals surface area contributed by atoms with Gasteiger partial charge in [0.1, 0.15) is 0 Å². The maximum atomic E-state index is 13.2. The molecule has 0 bridgehead atoms. The van der Waals surface area contributed by atoms with Gasteiger partial charge >= 0.3 is 0 Å². The summed E-state index contributed by atoms with van der Waals surface area (Å²) in [7, 11) is -3.59. The zero-order valence-electron chi connectivity index (χ0n) is 16.9. The van der Waals surface area contributed by atoms with Crippen LogP contribution in [0, 0.1) is 5.92 Å². The number of carbonyl (C=O) groups excluding carboxylic acids is 1. The van der Waals surface area contributed by atoms with Crippen molar-refractivity contribution in [2.75, 3.05) is 0 Å². The second-order valence-corrected chi connectivity index (χ2v) is 10.9. The van der Waals surface area contributed by atoms with Gasteiger partial charge in [-0.05, 0) is 89.5 Å². The summed E-state index contributed by atoms with van der Waals surface area (Å²) >= 11 is 0. The van der Waals surface area contributed by atoms with Crippen molar-refractivity contribution in [1.82, 2.24) is 9.62 Å². The van der Waals surface area contributed by atoms with Crippen molar-refractivity contribution in [1.29, 1.82) is 0 Å². The maximum Gasteiger partial charge on any atom is 0.254 e. The summed E-state index contributed by atoms with van der Waals surface area (Å²) in [5.41, 5.74) is 0.0315. The van der Waals surface area contributed by atoms with Crippen LogP contribution in [0.5, 0.6) is 0 Å². The molecule has 3 rings (SSSR count). The fourth-order valence-electron chi connectivity index (χ4n) is 3.89. The molecule has 2 fully saturated rings. The summed E-state index contributed by atoms with van der Waals surface area (Å²) in [5.74, 6) is 0.794. The van der Waals surface area contributed by atoms with Gasteiger partial charge in [-0.1, -0.05) is 6.92 Å². The van der Waals surface area contributed by atoms with E-state index in [1.807, 2.05) is 0 Å². The number of nitrogens with zero attached hydrogens (tertiary/aromatic N) is 1. The Labute approximate surface area is 163 Å². The van der Waals surface area contributed by atoms with Gasteiger partial charge in [0.15, 0.2) is 0 Å². The van der Waals surface area contributed by atoms with E-state index < -0.39 is 15.6 Å². The van der Waals surface area contributed by atoms with Crippen LogP contribution in [0.2, 0.25) is 0 Å². The van der Waals surface area contributed by atoms with Crippen LogP contribution in [0.4, 0.5) is 0 Å². The number of nitrogens with one attached hydrogen (secondary N) is 1. The average molecular weight is 393 g/mol. The van der Waals surface area contributed by atoms with Crippen LogP contribution in [-0.4, -0.2) is 36.8 Å². The highest BCUT2D eigenvalue weighted by Gasteiger charge is 2.38. The van der Waals surface area contributed by atoms with Crippen LogP contribution in [0.15, 0.2) is 29.2 Å². The second-order valence-electron chi connectivity index (χ2n) is 9.24. The Kier molecular flexibility index (Phi) is 5.69. The van der Waals surface area contributed by atoms with E-state index in [2.05, 4.69) is 16.5 Å². The Balaban J connectivity index is 1.76. The van der Waals surface area contributed by atoms with Crippen molar-refractivity contribution in [2.24, 2.45) is 5.92 Å². The molecule has 5 nitrogen and oxygen atoms in total. The number of amides is 1. The normalized spacial score (nSPS) is 23.9. The van der Waals surface area contributed by atoms with E-state index in [4.69, 9.17) is 0 Å². The third-order valence-electron chi connectivity index (χ3n) is 5.41. The number of sulfonamides is 1. The summed E-state index contributed by atoms with van der Waals surface area (Å²) in [5, 5.41) is 0. The Morgan fingerprint density at radius 1 is 0.963 bits per heavy atom. The van der Waals surface area contributed by atoms with E-state index in [0.717, 1.165) is 31.6 Å². The lowest BCUT2D eigenvalue weighted by atomic mass is 9.86. The molecule has 27 heavy (non-hydrogen) atoms. The molecule has 1 amide bonds. The number of benzene rings is 1. The lowest BCUT2D eigenvalue weighted by Crippen LogP contribution is -2.43. The quantitative estimate of drug-likeness (QED) is 0.825. The van der Waals surface area contributed by atoms with Gasteiger partial charge in [0.05, 0.1) is 4.90 Å². The molecule has 1 N–H and O–H groups in total. The highest BCUT2D eigenvalue weighted by atomic mass is 32.2. The number of hydrogen-bond donors (Lipinski definition) is 1. The first-order valence-electron chi connectivity index (χ1n) is 10.0. The van der Waals surface area contributed by atoms with Crippen LogP contribution in [-0.2, 0) is 10.0 Å². The lowest BCUT2D eigenvalue weighted by molar-refractivity contribution is 0.0593. The minimum absolute atomic E-state index is 0.0461. The Bertz CT molecular complexity index is 769. The van der Waals surface area contributed by atoms with E-state index in [0.29, 0.717) is 17.6 Å². The Hall–Kier alpha value is -1.40. The summed E-state index contributed by atoms with van der Waals surface area (Å²) in [6.07, 6.45) is 6.67. The topological polar surface area (TPSA) is 66.5 Å². The number of carbonyl (C=O) groups is 1. The first-order chi connectivity index (χ1) is 12.6. The largest absolute Gasteiger partial charge is 0.333 e. The fourth-order valence-corrected chi connectivity index (χ4v) is 5.31. The molecule has 0 unspecified atom stereocenters. The number of rotatable bonds is 5. The Morgan fingerprint density at radius 2 is 1.44 bits per heavy atom. The molecule has 2 saturated carbocycles. The second kappa shape index (κ2) is 7.55. The molecular weight excluding hydrogens is 360 g/mol. The van der Waals surface area contributed by atoms with Crippen LogP contribution in [0.3, 0.4) is 0 Å². The molecular formula is C21H32N2O3S. The molecule has 2 aliphatic rings. The first kappa shape index (κ1) is 20.3. The highest BCUT2D eigenvalue weighted by Crippen LogP contribution is 2.36. The van der Waals surface area contributed by atoms with Crippen molar-refractivity contribution >= 4 is 15.9 Å². The van der Waals surface area contributed by atoms with Crippen LogP contribution in [0.1, 0.15) is 76.6 Å². The predicted molar refractivity (Wildman–Crippen MR) is 107 cm³/mol. The van der Waals surface area contributed by atoms with Gasteiger partial charge in [0.25, 0.3) is 5.91 Å². The summed E-state index contributed by atoms with van der Waals surface area (Å²) in [6.45, 7) is 7.70. The summed E-state index contributed by atoms with van der Waals surface area (Å²) in [6, 6.07) is 7.07. The fraction of sp³-hybridized carbons (Fsp3) is 0.667. The number of hydrogen-bond acceptors (Lipinski definition) is 3. The molecule has 150 valence electrons. The zero-order valence-corrected chi connectivity index (χ0v) is 17.7. The van der Waals surface area contributed by atoms with E-state index in [1.165, 1.54) is 25.0 Å². The molecule has 0 atom stereocenters. The van der Waals surface area contributed by atoms with Gasteiger partial charge in [-0.25, -0.2) is 13.1 Å². The van der Waals surface area contributed by atoms with Crippen LogP contribution < -0.4 is 4.72 Å². The van der Waals surface area contributed by atoms with Gasteiger partial charge in [0, 0.05) is 23.2 Å². The van der Waals surface area contributed by atoms with Crippen molar-refractivity contribution in [2.45, 2.75) is 88.7 Å². The SMILES string of the molecule is CC1CCC(N(C(=O)c2ccc(S(=O)(=O)NC(C)(C)C)cc2)C2CC2)CC1. The van der Waals surface area contributed by atoms with Gasteiger partial charge in [0.2, 0.25) is 10.0 Å². The van der Waals surface area contributed by atoms with E-state index in [9.17, 15) is 13.2 Å². The van der Waals surface area contributed by atoms with Gasteiger partial charge < -0.3 is 4.90 Å². The maximum absolute atomic E-state index is 13.2. The Morgan fingerprint density at radius 3 is 1.89 bits per heavy atom. The molecule has 0 heterocycles. The standard InChI is InChI=1S/C21H32N2O3S/c1-15-5-9-17(10-6-15)23(18-11-12-18)20(24)16-7-13-19(14-8-16)27(25,26)22-21(2,3)4/h7-8,13-15,17-18,22H,5-6,9-12H2,1-4H3. The van der Waals surface area contributed by atoms with Crippen LogP contribution >= 0.6 is 0 Å². The molecule has 0 radical (unpaired) electrons. The third kappa shape index (κ3) is 5.11. The van der Waals surface area contributed by atoms with Crippen LogP contribution in [0.25, 0.3) is 0 Å². The molecule has 0 aliphatic heterocycles. The monoisotopic (exact) mass is 392 g/mol. The molecule has 0 spiro atoms. The molecule has 6 heteroatoms. The summed E-state index contributed by atoms with van der Waals surface area (Å²) in [4.78, 5) is 15.4. The van der Waals surface area contributed by atoms with Gasteiger partial charge in [-0.2, -0.15) is 0 Å². The summed E-state index contributed by atoms with van der Waals surface area (Å²) < 4.78 is 27.5. The molecule has 0 saturated heterocycles. The average Bonchev–Trinajstić information content (AvgIpc) is 3.39. The molecule has 2 aliphatic carbocycles. The van der Waals surface area contributed by atoms with E-state index in [-0.39, 0.29) is 10.8 Å². The smallest absolute Gasteiger partial charge is 0.254 e. The van der Waals surface area contributed by atoms with Crippen molar-refractivity contribution in [3.63, 3.8) is 0 Å². The molecule has 1 aromatic rings. The van der Waals surface area contributed by atoms with E-state index >= 15 is 0 Å². The first-order valence-corrected chi connectivity index (χ1v) is 11.5. The van der Waals surface area contributed by atoms with Crippen molar-refractivity contribution < 1.29 is 13.2 Å². The lowest BCUT2D eigenvalue weighted by Gasteiger charge is -2.36. The highest BCUT2D eigenvalue weighted by molar-refractivity contribution is 7.89. The predicted octanol–water partition coefficient (Wildman–Crippen LogP) is 3.95. The van der Waals surface area contributed by atoms with E-state index in [1.54, 1.807) is 32.9 Å². The van der Waals surface area contributed by atoms with Gasteiger partial charge in [-0.15, -0.1) is 0 Å². The third-order valence-corrected chi connectivity index (χ3v) is 7.18. The van der Waals surface area contributed by atoms with Crippen molar-refractivity contribution in [3.05, 3.63) is 29.8 Å². The van der Waals surface area contributed by atoms with Crippen molar-refractivity contribution in [3.8, 4) is 0 Å². The van der Waals surface area contributed by atoms with Gasteiger partial charge in [-0.3, -0.25) is 4.79 Å². The minimum atomic E-state index is -3.59.